The van der Waals surface area contributed by atoms with E-state index in [1.54, 1.807) is 0 Å². The smallest absolute Gasteiger partial charge is 0.331 e. The maximum atomic E-state index is 10.9. The van der Waals surface area contributed by atoms with Crippen LogP contribution in [0.5, 0.6) is 0 Å². The Morgan fingerprint density at radius 1 is 0.947 bits per heavy atom. The van der Waals surface area contributed by atoms with Gasteiger partial charge in [-0.25, -0.2) is 4.79 Å². The maximum Gasteiger partial charge on any atom is 0.331 e. The predicted molar refractivity (Wildman–Crippen MR) is 79.3 cm³/mol. The number of aliphatic hydroxyl groups excluding tert-OH is 1. The van der Waals surface area contributed by atoms with E-state index < -0.39 is 5.97 Å². The molecule has 0 spiro atoms. The first-order valence-electron chi connectivity index (χ1n) is 7.75. The Kier molecular flexibility index (Phi) is 13.0. The van der Waals surface area contributed by atoms with E-state index in [1.165, 1.54) is 44.9 Å². The third-order valence-corrected chi connectivity index (χ3v) is 3.33. The Morgan fingerprint density at radius 2 is 1.53 bits per heavy atom. The molecule has 0 aromatic rings. The zero-order valence-electron chi connectivity index (χ0n) is 12.4. The first-order valence-corrected chi connectivity index (χ1v) is 7.75. The standard InChI is InChI=1S/C16H30O3/c1-2-3-4-5-6-7-8-9-10-12-15(16(18)19)13-11-14-17/h12,17H,2-11,13-14H2,1H3,(H,18,19). The lowest BCUT2D eigenvalue weighted by atomic mass is 10.0. The highest BCUT2D eigenvalue weighted by atomic mass is 16.4. The van der Waals surface area contributed by atoms with Gasteiger partial charge in [0.2, 0.25) is 0 Å². The molecular weight excluding hydrogens is 240 g/mol. The molecule has 0 fully saturated rings. The van der Waals surface area contributed by atoms with E-state index in [2.05, 4.69) is 6.92 Å². The van der Waals surface area contributed by atoms with Crippen LogP contribution in [-0.2, 0) is 4.79 Å². The lowest BCUT2D eigenvalue weighted by molar-refractivity contribution is -0.132. The van der Waals surface area contributed by atoms with Gasteiger partial charge in [-0.2, -0.15) is 0 Å². The van der Waals surface area contributed by atoms with Crippen molar-refractivity contribution in [3.8, 4) is 0 Å². The van der Waals surface area contributed by atoms with Crippen LogP contribution in [0.2, 0.25) is 0 Å². The van der Waals surface area contributed by atoms with Crippen molar-refractivity contribution >= 4 is 5.97 Å². The molecule has 0 saturated carbocycles. The largest absolute Gasteiger partial charge is 0.478 e. The molecule has 0 aromatic carbocycles. The quantitative estimate of drug-likeness (QED) is 0.387. The van der Waals surface area contributed by atoms with Crippen LogP contribution in [0.4, 0.5) is 0 Å². The van der Waals surface area contributed by atoms with E-state index in [0.717, 1.165) is 12.8 Å². The Bertz CT molecular complexity index is 246. The van der Waals surface area contributed by atoms with Crippen LogP contribution in [0.3, 0.4) is 0 Å². The Morgan fingerprint density at radius 3 is 2.05 bits per heavy atom. The van der Waals surface area contributed by atoms with Crippen LogP contribution < -0.4 is 0 Å². The van der Waals surface area contributed by atoms with Gasteiger partial charge in [0, 0.05) is 12.2 Å². The molecule has 0 unspecified atom stereocenters. The number of hydrogen-bond acceptors (Lipinski definition) is 2. The SMILES string of the molecule is CCCCCCCCCCC=C(CCCO)C(=O)O. The molecule has 0 aliphatic carbocycles. The summed E-state index contributed by atoms with van der Waals surface area (Å²) < 4.78 is 0. The van der Waals surface area contributed by atoms with Gasteiger partial charge in [-0.05, 0) is 25.7 Å². The van der Waals surface area contributed by atoms with Crippen LogP contribution in [0, 0.1) is 0 Å². The lowest BCUT2D eigenvalue weighted by Gasteiger charge is -2.02. The van der Waals surface area contributed by atoms with Gasteiger partial charge in [-0.1, -0.05) is 57.9 Å². The fourth-order valence-electron chi connectivity index (χ4n) is 2.12. The fourth-order valence-corrected chi connectivity index (χ4v) is 2.12. The third-order valence-electron chi connectivity index (χ3n) is 3.33. The Labute approximate surface area is 117 Å². The van der Waals surface area contributed by atoms with Crippen molar-refractivity contribution in [1.29, 1.82) is 0 Å². The van der Waals surface area contributed by atoms with Crippen molar-refractivity contribution in [2.45, 2.75) is 77.6 Å². The summed E-state index contributed by atoms with van der Waals surface area (Å²) in [6.45, 7) is 2.28. The number of allylic oxidation sites excluding steroid dienone is 1. The van der Waals surface area contributed by atoms with Gasteiger partial charge in [0.15, 0.2) is 0 Å². The Hall–Kier alpha value is -0.830. The summed E-state index contributed by atoms with van der Waals surface area (Å²) in [5.41, 5.74) is 0.456. The van der Waals surface area contributed by atoms with Gasteiger partial charge >= 0.3 is 5.97 Å². The van der Waals surface area contributed by atoms with Crippen molar-refractivity contribution in [1.82, 2.24) is 0 Å². The van der Waals surface area contributed by atoms with Crippen molar-refractivity contribution in [3.63, 3.8) is 0 Å². The molecule has 0 heterocycles. The average molecular weight is 270 g/mol. The van der Waals surface area contributed by atoms with Crippen LogP contribution >= 0.6 is 0 Å². The molecule has 112 valence electrons. The molecular formula is C16H30O3. The summed E-state index contributed by atoms with van der Waals surface area (Å²) >= 11 is 0. The first-order chi connectivity index (χ1) is 9.22. The van der Waals surface area contributed by atoms with Crippen LogP contribution in [0.25, 0.3) is 0 Å². The number of carboxylic acid groups (broad SMARTS) is 1. The first kappa shape index (κ1) is 18.2. The molecule has 3 heteroatoms. The number of carbonyl (C=O) groups is 1. The zero-order chi connectivity index (χ0) is 14.3. The van der Waals surface area contributed by atoms with E-state index in [0.29, 0.717) is 18.4 Å². The molecule has 3 nitrogen and oxygen atoms in total. The number of unbranched alkanes of at least 4 members (excludes halogenated alkanes) is 8. The van der Waals surface area contributed by atoms with Gasteiger partial charge < -0.3 is 10.2 Å². The van der Waals surface area contributed by atoms with Gasteiger partial charge in [-0.15, -0.1) is 0 Å². The minimum absolute atomic E-state index is 0.0579. The minimum atomic E-state index is -0.840. The van der Waals surface area contributed by atoms with Crippen molar-refractivity contribution in [3.05, 3.63) is 11.6 Å². The summed E-state index contributed by atoms with van der Waals surface area (Å²) in [6, 6.07) is 0. The molecule has 0 saturated heterocycles. The molecule has 0 bridgehead atoms. The van der Waals surface area contributed by atoms with E-state index in [-0.39, 0.29) is 6.61 Å². The molecule has 0 amide bonds. The van der Waals surface area contributed by atoms with Crippen molar-refractivity contribution in [2.75, 3.05) is 6.61 Å². The second-order valence-corrected chi connectivity index (χ2v) is 5.13. The second-order valence-electron chi connectivity index (χ2n) is 5.13. The van der Waals surface area contributed by atoms with Crippen molar-refractivity contribution in [2.24, 2.45) is 0 Å². The predicted octanol–water partition coefficient (Wildman–Crippen LogP) is 4.30. The molecule has 19 heavy (non-hydrogen) atoms. The molecule has 0 radical (unpaired) electrons. The second kappa shape index (κ2) is 13.6. The highest BCUT2D eigenvalue weighted by molar-refractivity contribution is 5.86. The Balaban J connectivity index is 3.55. The average Bonchev–Trinajstić information content (AvgIpc) is 2.39. The number of hydrogen-bond donors (Lipinski definition) is 2. The van der Waals surface area contributed by atoms with E-state index in [4.69, 9.17) is 10.2 Å². The van der Waals surface area contributed by atoms with Gasteiger partial charge in [0.25, 0.3) is 0 Å². The summed E-state index contributed by atoms with van der Waals surface area (Å²) in [5.74, 6) is -0.840. The topological polar surface area (TPSA) is 57.5 Å². The van der Waals surface area contributed by atoms with Crippen molar-refractivity contribution < 1.29 is 15.0 Å². The highest BCUT2D eigenvalue weighted by Crippen LogP contribution is 2.12. The summed E-state index contributed by atoms with van der Waals surface area (Å²) in [4.78, 5) is 10.9. The molecule has 0 aliphatic rings. The van der Waals surface area contributed by atoms with Gasteiger partial charge in [0.05, 0.1) is 0 Å². The number of rotatable bonds is 13. The van der Waals surface area contributed by atoms with Crippen LogP contribution in [0.15, 0.2) is 11.6 Å². The summed E-state index contributed by atoms with van der Waals surface area (Å²) in [5, 5.41) is 17.7. The molecule has 0 rings (SSSR count). The van der Waals surface area contributed by atoms with Gasteiger partial charge in [0.1, 0.15) is 0 Å². The number of carboxylic acids is 1. The molecule has 0 aromatic heterocycles. The van der Waals surface area contributed by atoms with E-state index in [9.17, 15) is 4.79 Å². The molecule has 0 atom stereocenters. The summed E-state index contributed by atoms with van der Waals surface area (Å²) in [7, 11) is 0. The molecule has 2 N–H and O–H groups in total. The van der Waals surface area contributed by atoms with E-state index in [1.807, 2.05) is 6.08 Å². The van der Waals surface area contributed by atoms with Crippen LogP contribution in [-0.4, -0.2) is 22.8 Å². The number of aliphatic carboxylic acids is 1. The number of aliphatic hydroxyl groups is 1. The maximum absolute atomic E-state index is 10.9. The minimum Gasteiger partial charge on any atom is -0.478 e. The van der Waals surface area contributed by atoms with E-state index >= 15 is 0 Å². The van der Waals surface area contributed by atoms with Crippen LogP contribution in [0.1, 0.15) is 77.6 Å². The monoisotopic (exact) mass is 270 g/mol. The highest BCUT2D eigenvalue weighted by Gasteiger charge is 2.05. The van der Waals surface area contributed by atoms with Gasteiger partial charge in [-0.3, -0.25) is 0 Å². The lowest BCUT2D eigenvalue weighted by Crippen LogP contribution is -2.01. The zero-order valence-corrected chi connectivity index (χ0v) is 12.4. The summed E-state index contributed by atoms with van der Waals surface area (Å²) in [6.07, 6.45) is 13.8. The fraction of sp³-hybridized carbons (Fsp3) is 0.812. The molecule has 0 aliphatic heterocycles. The third kappa shape index (κ3) is 12.0. The normalized spacial score (nSPS) is 11.8.